The molecule has 0 spiro atoms. The van der Waals surface area contributed by atoms with Gasteiger partial charge in [0.1, 0.15) is 5.82 Å². The van der Waals surface area contributed by atoms with E-state index in [0.717, 1.165) is 18.7 Å². The van der Waals surface area contributed by atoms with Gasteiger partial charge in [-0.1, -0.05) is 23.7 Å². The largest absolute Gasteiger partial charge is 0.311 e. The first kappa shape index (κ1) is 14.0. The fourth-order valence-corrected chi connectivity index (χ4v) is 1.91. The molecular formula is C13H16ClFN4. The second kappa shape index (κ2) is 6.63. The number of aromatic nitrogens is 3. The zero-order chi connectivity index (χ0) is 13.7. The average molecular weight is 283 g/mol. The third-order valence-corrected chi connectivity index (χ3v) is 3.03. The van der Waals surface area contributed by atoms with Crippen molar-refractivity contribution in [2.24, 2.45) is 0 Å². The number of rotatable bonds is 6. The quantitative estimate of drug-likeness (QED) is 0.828. The average Bonchev–Trinajstić information content (AvgIpc) is 2.82. The lowest BCUT2D eigenvalue weighted by molar-refractivity contribution is 0.614. The molecule has 0 aliphatic rings. The molecule has 0 fully saturated rings. The lowest BCUT2D eigenvalue weighted by Gasteiger charge is -2.03. The molecule has 0 atom stereocenters. The SMILES string of the molecule is CCCNCc1cn(Cc2cc(F)ccc2Cl)nn1. The van der Waals surface area contributed by atoms with Crippen LogP contribution in [0.4, 0.5) is 4.39 Å². The maximum Gasteiger partial charge on any atom is 0.123 e. The van der Waals surface area contributed by atoms with Crippen molar-refractivity contribution in [3.8, 4) is 0 Å². The molecule has 19 heavy (non-hydrogen) atoms. The summed E-state index contributed by atoms with van der Waals surface area (Å²) >= 11 is 6.01. The van der Waals surface area contributed by atoms with Crippen LogP contribution in [0.3, 0.4) is 0 Å². The van der Waals surface area contributed by atoms with E-state index in [1.54, 1.807) is 10.7 Å². The number of benzene rings is 1. The van der Waals surface area contributed by atoms with Crippen LogP contribution in [-0.4, -0.2) is 21.5 Å². The topological polar surface area (TPSA) is 42.7 Å². The Balaban J connectivity index is 2.01. The summed E-state index contributed by atoms with van der Waals surface area (Å²) in [6.45, 7) is 4.15. The van der Waals surface area contributed by atoms with Crippen molar-refractivity contribution in [2.75, 3.05) is 6.54 Å². The highest BCUT2D eigenvalue weighted by atomic mass is 35.5. The van der Waals surface area contributed by atoms with Crippen LogP contribution in [0.5, 0.6) is 0 Å². The maximum absolute atomic E-state index is 13.1. The van der Waals surface area contributed by atoms with Crippen molar-refractivity contribution in [2.45, 2.75) is 26.4 Å². The molecule has 1 aromatic heterocycles. The Kier molecular flexibility index (Phi) is 4.87. The summed E-state index contributed by atoms with van der Waals surface area (Å²) in [5.41, 5.74) is 1.56. The number of nitrogens with zero attached hydrogens (tertiary/aromatic N) is 3. The number of halogens is 2. The Morgan fingerprint density at radius 3 is 3.05 bits per heavy atom. The van der Waals surface area contributed by atoms with Crippen LogP contribution in [0.1, 0.15) is 24.6 Å². The molecule has 0 saturated carbocycles. The maximum atomic E-state index is 13.1. The van der Waals surface area contributed by atoms with Gasteiger partial charge in [-0.25, -0.2) is 9.07 Å². The third-order valence-electron chi connectivity index (χ3n) is 2.66. The van der Waals surface area contributed by atoms with E-state index in [-0.39, 0.29) is 5.82 Å². The molecule has 1 aromatic carbocycles. The van der Waals surface area contributed by atoms with Gasteiger partial charge in [0.25, 0.3) is 0 Å². The second-order valence-corrected chi connectivity index (χ2v) is 4.73. The molecule has 2 rings (SSSR count). The van der Waals surface area contributed by atoms with E-state index < -0.39 is 0 Å². The molecule has 1 N–H and O–H groups in total. The minimum absolute atomic E-state index is 0.302. The summed E-state index contributed by atoms with van der Waals surface area (Å²) in [4.78, 5) is 0. The van der Waals surface area contributed by atoms with E-state index in [4.69, 9.17) is 11.6 Å². The molecule has 1 heterocycles. The van der Waals surface area contributed by atoms with E-state index in [1.807, 2.05) is 6.20 Å². The zero-order valence-electron chi connectivity index (χ0n) is 10.7. The molecule has 6 heteroatoms. The fraction of sp³-hybridized carbons (Fsp3) is 0.385. The van der Waals surface area contributed by atoms with Gasteiger partial charge in [0, 0.05) is 11.6 Å². The van der Waals surface area contributed by atoms with E-state index in [9.17, 15) is 4.39 Å². The molecule has 0 bridgehead atoms. The Bertz CT molecular complexity index is 541. The third kappa shape index (κ3) is 4.01. The molecular weight excluding hydrogens is 267 g/mol. The van der Waals surface area contributed by atoms with E-state index in [2.05, 4.69) is 22.6 Å². The van der Waals surface area contributed by atoms with Gasteiger partial charge in [-0.15, -0.1) is 5.10 Å². The zero-order valence-corrected chi connectivity index (χ0v) is 11.5. The molecule has 0 aliphatic heterocycles. The second-order valence-electron chi connectivity index (χ2n) is 4.32. The highest BCUT2D eigenvalue weighted by Gasteiger charge is 2.05. The van der Waals surface area contributed by atoms with Crippen LogP contribution in [0, 0.1) is 5.82 Å². The molecule has 4 nitrogen and oxygen atoms in total. The van der Waals surface area contributed by atoms with Gasteiger partial charge >= 0.3 is 0 Å². The minimum Gasteiger partial charge on any atom is -0.311 e. The number of hydrogen-bond donors (Lipinski definition) is 1. The van der Waals surface area contributed by atoms with Crippen molar-refractivity contribution in [1.82, 2.24) is 20.3 Å². The van der Waals surface area contributed by atoms with Crippen LogP contribution in [-0.2, 0) is 13.1 Å². The van der Waals surface area contributed by atoms with Crippen LogP contribution in [0.25, 0.3) is 0 Å². The summed E-state index contributed by atoms with van der Waals surface area (Å²) in [6.07, 6.45) is 2.91. The first-order valence-corrected chi connectivity index (χ1v) is 6.60. The molecule has 0 saturated heterocycles. The van der Waals surface area contributed by atoms with E-state index >= 15 is 0 Å². The monoisotopic (exact) mass is 282 g/mol. The van der Waals surface area contributed by atoms with E-state index in [1.165, 1.54) is 12.1 Å². The van der Waals surface area contributed by atoms with Gasteiger partial charge in [-0.3, -0.25) is 0 Å². The predicted octanol–water partition coefficient (Wildman–Crippen LogP) is 2.62. The Morgan fingerprint density at radius 1 is 1.42 bits per heavy atom. The Labute approximate surface area is 116 Å². The molecule has 0 radical (unpaired) electrons. The summed E-state index contributed by atoms with van der Waals surface area (Å²) in [7, 11) is 0. The summed E-state index contributed by atoms with van der Waals surface area (Å²) < 4.78 is 14.8. The van der Waals surface area contributed by atoms with Gasteiger partial charge in [0.15, 0.2) is 0 Å². The molecule has 2 aromatic rings. The minimum atomic E-state index is -0.302. The lowest BCUT2D eigenvalue weighted by Crippen LogP contribution is -2.13. The molecule has 0 unspecified atom stereocenters. The van der Waals surface area contributed by atoms with Gasteiger partial charge in [0.2, 0.25) is 0 Å². The van der Waals surface area contributed by atoms with Crippen LogP contribution in [0.15, 0.2) is 24.4 Å². The van der Waals surface area contributed by atoms with Crippen molar-refractivity contribution >= 4 is 11.6 Å². The first-order valence-electron chi connectivity index (χ1n) is 6.22. The van der Waals surface area contributed by atoms with Crippen LogP contribution < -0.4 is 5.32 Å². The molecule has 0 amide bonds. The van der Waals surface area contributed by atoms with Gasteiger partial charge in [0.05, 0.1) is 18.4 Å². The smallest absolute Gasteiger partial charge is 0.123 e. The standard InChI is InChI=1S/C13H16ClFN4/c1-2-5-16-7-12-9-19(18-17-12)8-10-6-11(15)3-4-13(10)14/h3-4,6,9,16H,2,5,7-8H2,1H3. The first-order chi connectivity index (χ1) is 9.19. The summed E-state index contributed by atoms with van der Waals surface area (Å²) in [5, 5.41) is 11.8. The van der Waals surface area contributed by atoms with E-state index in [0.29, 0.717) is 23.7 Å². The van der Waals surface area contributed by atoms with Crippen LogP contribution >= 0.6 is 11.6 Å². The normalized spacial score (nSPS) is 10.9. The van der Waals surface area contributed by atoms with Crippen molar-refractivity contribution in [3.63, 3.8) is 0 Å². The van der Waals surface area contributed by atoms with Crippen LogP contribution in [0.2, 0.25) is 5.02 Å². The molecule has 0 aliphatic carbocycles. The fourth-order valence-electron chi connectivity index (χ4n) is 1.73. The van der Waals surface area contributed by atoms with Gasteiger partial charge < -0.3 is 5.32 Å². The Hall–Kier alpha value is -1.46. The Morgan fingerprint density at radius 2 is 2.26 bits per heavy atom. The van der Waals surface area contributed by atoms with Crippen molar-refractivity contribution in [3.05, 3.63) is 46.5 Å². The number of hydrogen-bond acceptors (Lipinski definition) is 3. The highest BCUT2D eigenvalue weighted by molar-refractivity contribution is 6.31. The number of nitrogens with one attached hydrogen (secondary N) is 1. The summed E-state index contributed by atoms with van der Waals surface area (Å²) in [5.74, 6) is -0.302. The summed E-state index contributed by atoms with van der Waals surface area (Å²) in [6, 6.07) is 4.30. The van der Waals surface area contributed by atoms with Gasteiger partial charge in [-0.05, 0) is 36.7 Å². The highest BCUT2D eigenvalue weighted by Crippen LogP contribution is 2.17. The van der Waals surface area contributed by atoms with Gasteiger partial charge in [-0.2, -0.15) is 0 Å². The van der Waals surface area contributed by atoms with Crippen molar-refractivity contribution in [1.29, 1.82) is 0 Å². The molecule has 102 valence electrons. The lowest BCUT2D eigenvalue weighted by atomic mass is 10.2. The van der Waals surface area contributed by atoms with Crippen molar-refractivity contribution < 1.29 is 4.39 Å². The predicted molar refractivity (Wildman–Crippen MR) is 72.5 cm³/mol.